The molecule has 0 unspecified atom stereocenters. The molecule has 0 radical (unpaired) electrons. The van der Waals surface area contributed by atoms with Gasteiger partial charge in [0.1, 0.15) is 0 Å². The number of hydrogen-bond donors (Lipinski definition) is 1. The van der Waals surface area contributed by atoms with E-state index in [9.17, 15) is 0 Å². The highest BCUT2D eigenvalue weighted by molar-refractivity contribution is 5.04. The highest BCUT2D eigenvalue weighted by atomic mass is 16.3. The second-order valence-corrected chi connectivity index (χ2v) is 3.47. The molecule has 0 aliphatic carbocycles. The molecule has 74 valence electrons. The van der Waals surface area contributed by atoms with Crippen molar-refractivity contribution >= 4 is 0 Å². The monoisotopic (exact) mass is 182 g/mol. The van der Waals surface area contributed by atoms with Crippen LogP contribution in [0, 0.1) is 0 Å². The van der Waals surface area contributed by atoms with E-state index in [2.05, 4.69) is 24.3 Å². The van der Waals surface area contributed by atoms with Gasteiger partial charge in [-0.3, -0.25) is 0 Å². The topological polar surface area (TPSA) is 28.4 Å². The van der Waals surface area contributed by atoms with Crippen LogP contribution >= 0.6 is 0 Å². The van der Waals surface area contributed by atoms with Gasteiger partial charge in [0.05, 0.1) is 12.5 Å². The summed E-state index contributed by atoms with van der Waals surface area (Å²) in [7, 11) is 4.19. The molecule has 0 bridgehead atoms. The van der Waals surface area contributed by atoms with Crippen LogP contribution in [0.15, 0.2) is 23.0 Å². The van der Waals surface area contributed by atoms with Crippen LogP contribution in [0.4, 0.5) is 0 Å². The zero-order chi connectivity index (χ0) is 9.52. The lowest BCUT2D eigenvalue weighted by Crippen LogP contribution is -2.20. The second kappa shape index (κ2) is 5.78. The van der Waals surface area contributed by atoms with Gasteiger partial charge in [0.15, 0.2) is 0 Å². The first-order chi connectivity index (χ1) is 6.29. The van der Waals surface area contributed by atoms with Gasteiger partial charge in [0, 0.05) is 12.1 Å². The Morgan fingerprint density at radius 3 is 2.92 bits per heavy atom. The first-order valence-electron chi connectivity index (χ1n) is 4.65. The average molecular weight is 182 g/mol. The molecule has 1 heterocycles. The SMILES string of the molecule is CN(C)CCCNCc1ccoc1. The highest BCUT2D eigenvalue weighted by Gasteiger charge is 1.93. The Kier molecular flexibility index (Phi) is 4.57. The van der Waals surface area contributed by atoms with E-state index in [1.807, 2.05) is 6.07 Å². The molecule has 0 aromatic carbocycles. The van der Waals surface area contributed by atoms with Crippen LogP contribution in [-0.2, 0) is 6.54 Å². The summed E-state index contributed by atoms with van der Waals surface area (Å²) in [5, 5.41) is 3.36. The van der Waals surface area contributed by atoms with Gasteiger partial charge >= 0.3 is 0 Å². The van der Waals surface area contributed by atoms with Crippen molar-refractivity contribution in [3.8, 4) is 0 Å². The fraction of sp³-hybridized carbons (Fsp3) is 0.600. The van der Waals surface area contributed by atoms with E-state index >= 15 is 0 Å². The van der Waals surface area contributed by atoms with Crippen molar-refractivity contribution in [2.24, 2.45) is 0 Å². The molecule has 0 atom stereocenters. The van der Waals surface area contributed by atoms with E-state index in [-0.39, 0.29) is 0 Å². The lowest BCUT2D eigenvalue weighted by Gasteiger charge is -2.08. The molecule has 3 heteroatoms. The Labute approximate surface area is 79.7 Å². The predicted octanol–water partition coefficient (Wildman–Crippen LogP) is 1.32. The predicted molar refractivity (Wildman–Crippen MR) is 53.6 cm³/mol. The Morgan fingerprint density at radius 1 is 1.46 bits per heavy atom. The van der Waals surface area contributed by atoms with Crippen LogP contribution in [-0.4, -0.2) is 32.1 Å². The van der Waals surface area contributed by atoms with E-state index in [4.69, 9.17) is 4.42 Å². The van der Waals surface area contributed by atoms with Crippen molar-refractivity contribution in [2.45, 2.75) is 13.0 Å². The molecule has 0 spiro atoms. The van der Waals surface area contributed by atoms with Gasteiger partial charge < -0.3 is 14.6 Å². The minimum Gasteiger partial charge on any atom is -0.472 e. The molecule has 3 nitrogen and oxygen atoms in total. The summed E-state index contributed by atoms with van der Waals surface area (Å²) in [5.74, 6) is 0. The third kappa shape index (κ3) is 4.70. The van der Waals surface area contributed by atoms with Crippen molar-refractivity contribution in [3.05, 3.63) is 24.2 Å². The molecule has 1 rings (SSSR count). The van der Waals surface area contributed by atoms with Crippen molar-refractivity contribution in [3.63, 3.8) is 0 Å². The van der Waals surface area contributed by atoms with Crippen molar-refractivity contribution in [1.29, 1.82) is 0 Å². The minimum absolute atomic E-state index is 0.907. The van der Waals surface area contributed by atoms with Gasteiger partial charge in [-0.1, -0.05) is 0 Å². The smallest absolute Gasteiger partial charge is 0.0947 e. The van der Waals surface area contributed by atoms with E-state index < -0.39 is 0 Å². The number of nitrogens with one attached hydrogen (secondary N) is 1. The van der Waals surface area contributed by atoms with Crippen molar-refractivity contribution in [2.75, 3.05) is 27.2 Å². The summed E-state index contributed by atoms with van der Waals surface area (Å²) < 4.78 is 4.96. The quantitative estimate of drug-likeness (QED) is 0.673. The molecule has 0 amide bonds. The zero-order valence-corrected chi connectivity index (χ0v) is 8.42. The van der Waals surface area contributed by atoms with Crippen LogP contribution < -0.4 is 5.32 Å². The third-order valence-electron chi connectivity index (χ3n) is 1.87. The molecule has 0 saturated carbocycles. The number of furan rings is 1. The summed E-state index contributed by atoms with van der Waals surface area (Å²) in [6, 6.07) is 1.99. The Morgan fingerprint density at radius 2 is 2.31 bits per heavy atom. The Bertz CT molecular complexity index is 207. The highest BCUT2D eigenvalue weighted by Crippen LogP contribution is 1.98. The van der Waals surface area contributed by atoms with Gasteiger partial charge in [-0.15, -0.1) is 0 Å². The Hall–Kier alpha value is -0.800. The van der Waals surface area contributed by atoms with Gasteiger partial charge in [-0.25, -0.2) is 0 Å². The van der Waals surface area contributed by atoms with Crippen LogP contribution in [0.5, 0.6) is 0 Å². The standard InChI is InChI=1S/C10H18N2O/c1-12(2)6-3-5-11-8-10-4-7-13-9-10/h4,7,9,11H,3,5-6,8H2,1-2H3. The molecule has 13 heavy (non-hydrogen) atoms. The summed E-state index contributed by atoms with van der Waals surface area (Å²) in [4.78, 5) is 2.19. The first-order valence-corrected chi connectivity index (χ1v) is 4.65. The third-order valence-corrected chi connectivity index (χ3v) is 1.87. The molecular weight excluding hydrogens is 164 g/mol. The normalized spacial score (nSPS) is 11.0. The van der Waals surface area contributed by atoms with E-state index in [0.717, 1.165) is 19.6 Å². The molecular formula is C10H18N2O. The summed E-state index contributed by atoms with van der Waals surface area (Å²) in [6.45, 7) is 3.10. The van der Waals surface area contributed by atoms with Crippen molar-refractivity contribution in [1.82, 2.24) is 10.2 Å². The molecule has 0 fully saturated rings. The number of nitrogens with zero attached hydrogens (tertiary/aromatic N) is 1. The fourth-order valence-electron chi connectivity index (χ4n) is 1.15. The second-order valence-electron chi connectivity index (χ2n) is 3.47. The van der Waals surface area contributed by atoms with Crippen LogP contribution in [0.2, 0.25) is 0 Å². The van der Waals surface area contributed by atoms with E-state index in [0.29, 0.717) is 0 Å². The maximum absolute atomic E-state index is 4.96. The lowest BCUT2D eigenvalue weighted by molar-refractivity contribution is 0.394. The summed E-state index contributed by atoms with van der Waals surface area (Å²) in [6.07, 6.45) is 4.67. The Balaban J connectivity index is 1.96. The van der Waals surface area contributed by atoms with Crippen molar-refractivity contribution < 1.29 is 4.42 Å². The van der Waals surface area contributed by atoms with Gasteiger partial charge in [0.25, 0.3) is 0 Å². The van der Waals surface area contributed by atoms with Gasteiger partial charge in [-0.05, 0) is 39.7 Å². The van der Waals surface area contributed by atoms with Gasteiger partial charge in [-0.2, -0.15) is 0 Å². The van der Waals surface area contributed by atoms with E-state index in [1.54, 1.807) is 12.5 Å². The molecule has 1 N–H and O–H groups in total. The summed E-state index contributed by atoms with van der Waals surface area (Å²) in [5.41, 5.74) is 1.21. The molecule has 0 saturated heterocycles. The average Bonchev–Trinajstić information content (AvgIpc) is 2.55. The molecule has 1 aromatic rings. The van der Waals surface area contributed by atoms with Crippen LogP contribution in [0.1, 0.15) is 12.0 Å². The fourth-order valence-corrected chi connectivity index (χ4v) is 1.15. The minimum atomic E-state index is 0.907. The molecule has 0 aliphatic rings. The van der Waals surface area contributed by atoms with Crippen LogP contribution in [0.3, 0.4) is 0 Å². The van der Waals surface area contributed by atoms with E-state index in [1.165, 1.54) is 12.0 Å². The largest absolute Gasteiger partial charge is 0.472 e. The first kappa shape index (κ1) is 10.3. The maximum Gasteiger partial charge on any atom is 0.0947 e. The molecule has 1 aromatic heterocycles. The zero-order valence-electron chi connectivity index (χ0n) is 8.42. The number of rotatable bonds is 6. The number of hydrogen-bond acceptors (Lipinski definition) is 3. The van der Waals surface area contributed by atoms with Crippen LogP contribution in [0.25, 0.3) is 0 Å². The summed E-state index contributed by atoms with van der Waals surface area (Å²) >= 11 is 0. The molecule has 0 aliphatic heterocycles. The lowest BCUT2D eigenvalue weighted by atomic mass is 10.3. The van der Waals surface area contributed by atoms with Gasteiger partial charge in [0.2, 0.25) is 0 Å². The maximum atomic E-state index is 4.96.